The van der Waals surface area contributed by atoms with Crippen LogP contribution in [0.15, 0.2) is 24.3 Å². The standard InChI is InChI=1S/C19H27NO4/c1-23-16-8-4-6-14(12-16)18(19(21)22)20-10-5-7-15(13-20)17-9-2-3-11-24-17/h4,6,8,12,15,17-18H,2-3,5,7,9-11,13H2,1H3,(H,21,22). The maximum Gasteiger partial charge on any atom is 0.325 e. The number of aliphatic carboxylic acids is 1. The SMILES string of the molecule is COc1cccc(C(C(=O)O)N2CCCC(C3CCCCO3)C2)c1. The van der Waals surface area contributed by atoms with Crippen LogP contribution in [0, 0.1) is 5.92 Å². The van der Waals surface area contributed by atoms with Crippen LogP contribution >= 0.6 is 0 Å². The van der Waals surface area contributed by atoms with Crippen molar-refractivity contribution in [3.63, 3.8) is 0 Å². The van der Waals surface area contributed by atoms with Crippen LogP contribution in [0.3, 0.4) is 0 Å². The lowest BCUT2D eigenvalue weighted by atomic mass is 9.87. The Morgan fingerprint density at radius 2 is 2.21 bits per heavy atom. The molecule has 24 heavy (non-hydrogen) atoms. The highest BCUT2D eigenvalue weighted by atomic mass is 16.5. The number of likely N-dealkylation sites (tertiary alicyclic amines) is 1. The van der Waals surface area contributed by atoms with Crippen LogP contribution in [0.4, 0.5) is 0 Å². The number of ether oxygens (including phenoxy) is 2. The second kappa shape index (κ2) is 7.99. The molecule has 3 rings (SSSR count). The predicted octanol–water partition coefficient (Wildman–Crippen LogP) is 3.10. The van der Waals surface area contributed by atoms with Crippen molar-refractivity contribution in [1.82, 2.24) is 4.90 Å². The molecule has 5 nitrogen and oxygen atoms in total. The van der Waals surface area contributed by atoms with Gasteiger partial charge in [-0.3, -0.25) is 9.69 Å². The first-order valence-electron chi connectivity index (χ1n) is 8.91. The molecule has 2 saturated heterocycles. The van der Waals surface area contributed by atoms with Crippen LogP contribution < -0.4 is 4.74 Å². The Morgan fingerprint density at radius 1 is 1.33 bits per heavy atom. The lowest BCUT2D eigenvalue weighted by Crippen LogP contribution is -2.45. The van der Waals surface area contributed by atoms with Crippen LogP contribution in [0.2, 0.25) is 0 Å². The molecule has 2 aliphatic rings. The van der Waals surface area contributed by atoms with Crippen molar-refractivity contribution in [2.45, 2.75) is 44.2 Å². The minimum atomic E-state index is -0.798. The van der Waals surface area contributed by atoms with Gasteiger partial charge in [0.15, 0.2) is 0 Å². The maximum absolute atomic E-state index is 12.0. The van der Waals surface area contributed by atoms with Crippen molar-refractivity contribution >= 4 is 5.97 Å². The largest absolute Gasteiger partial charge is 0.497 e. The average Bonchev–Trinajstić information content (AvgIpc) is 2.63. The summed E-state index contributed by atoms with van der Waals surface area (Å²) in [6.07, 6.45) is 5.93. The summed E-state index contributed by atoms with van der Waals surface area (Å²) in [6, 6.07) is 6.79. The number of carboxylic acid groups (broad SMARTS) is 1. The monoisotopic (exact) mass is 333 g/mol. The molecule has 0 amide bonds. The molecular weight excluding hydrogens is 306 g/mol. The van der Waals surface area contributed by atoms with E-state index in [1.807, 2.05) is 24.3 Å². The van der Waals surface area contributed by atoms with Crippen LogP contribution in [-0.4, -0.2) is 48.9 Å². The van der Waals surface area contributed by atoms with Crippen LogP contribution in [0.5, 0.6) is 5.75 Å². The molecule has 1 N–H and O–H groups in total. The molecule has 132 valence electrons. The number of carboxylic acids is 1. The van der Waals surface area contributed by atoms with E-state index in [1.165, 1.54) is 6.42 Å². The Kier molecular flexibility index (Phi) is 5.74. The van der Waals surface area contributed by atoms with Gasteiger partial charge >= 0.3 is 5.97 Å². The fraction of sp³-hybridized carbons (Fsp3) is 0.632. The van der Waals surface area contributed by atoms with E-state index < -0.39 is 12.0 Å². The number of hydrogen-bond donors (Lipinski definition) is 1. The average molecular weight is 333 g/mol. The van der Waals surface area contributed by atoms with Crippen LogP contribution in [0.25, 0.3) is 0 Å². The minimum Gasteiger partial charge on any atom is -0.497 e. The molecule has 0 spiro atoms. The van der Waals surface area contributed by atoms with Crippen molar-refractivity contribution in [3.05, 3.63) is 29.8 Å². The second-order valence-electron chi connectivity index (χ2n) is 6.82. The Hall–Kier alpha value is -1.59. The van der Waals surface area contributed by atoms with E-state index in [0.717, 1.165) is 50.9 Å². The molecular formula is C19H27NO4. The lowest BCUT2D eigenvalue weighted by Gasteiger charge is -2.40. The number of piperidine rings is 1. The zero-order chi connectivity index (χ0) is 16.9. The van der Waals surface area contributed by atoms with Crippen molar-refractivity contribution in [3.8, 4) is 5.75 Å². The first-order valence-corrected chi connectivity index (χ1v) is 8.91. The fourth-order valence-corrected chi connectivity index (χ4v) is 4.04. The first-order chi connectivity index (χ1) is 11.7. The molecule has 0 aliphatic carbocycles. The van der Waals surface area contributed by atoms with E-state index in [9.17, 15) is 9.90 Å². The van der Waals surface area contributed by atoms with E-state index in [0.29, 0.717) is 17.8 Å². The van der Waals surface area contributed by atoms with Crippen molar-refractivity contribution in [2.75, 3.05) is 26.8 Å². The van der Waals surface area contributed by atoms with Gasteiger partial charge in [-0.2, -0.15) is 0 Å². The summed E-state index contributed by atoms with van der Waals surface area (Å²) in [6.45, 7) is 2.45. The fourth-order valence-electron chi connectivity index (χ4n) is 4.04. The topological polar surface area (TPSA) is 59.0 Å². The summed E-state index contributed by atoms with van der Waals surface area (Å²) in [5.41, 5.74) is 0.784. The van der Waals surface area contributed by atoms with Gasteiger partial charge in [0, 0.05) is 13.2 Å². The van der Waals surface area contributed by atoms with Crippen LogP contribution in [0.1, 0.15) is 43.7 Å². The Labute approximate surface area is 143 Å². The van der Waals surface area contributed by atoms with E-state index in [4.69, 9.17) is 9.47 Å². The maximum atomic E-state index is 12.0. The van der Waals surface area contributed by atoms with Gasteiger partial charge in [-0.15, -0.1) is 0 Å². The lowest BCUT2D eigenvalue weighted by molar-refractivity contribution is -0.145. The summed E-state index contributed by atoms with van der Waals surface area (Å²) in [7, 11) is 1.60. The summed E-state index contributed by atoms with van der Waals surface area (Å²) < 4.78 is 11.2. The molecule has 3 atom stereocenters. The van der Waals surface area contributed by atoms with Gasteiger partial charge in [-0.1, -0.05) is 12.1 Å². The summed E-state index contributed by atoms with van der Waals surface area (Å²) >= 11 is 0. The van der Waals surface area contributed by atoms with Gasteiger partial charge in [0.2, 0.25) is 0 Å². The first kappa shape index (κ1) is 17.2. The number of hydrogen-bond acceptors (Lipinski definition) is 4. The smallest absolute Gasteiger partial charge is 0.325 e. The molecule has 1 aromatic carbocycles. The van der Waals surface area contributed by atoms with E-state index >= 15 is 0 Å². The molecule has 0 saturated carbocycles. The number of rotatable bonds is 5. The Morgan fingerprint density at radius 3 is 2.92 bits per heavy atom. The highest BCUT2D eigenvalue weighted by Crippen LogP contribution is 2.33. The number of carbonyl (C=O) groups is 1. The Bertz CT molecular complexity index is 556. The summed E-state index contributed by atoms with van der Waals surface area (Å²) in [5, 5.41) is 9.83. The summed E-state index contributed by atoms with van der Waals surface area (Å²) in [5.74, 6) is 0.336. The van der Waals surface area contributed by atoms with Gasteiger partial charge in [0.25, 0.3) is 0 Å². The molecule has 0 bridgehead atoms. The van der Waals surface area contributed by atoms with Crippen molar-refractivity contribution in [2.24, 2.45) is 5.92 Å². The van der Waals surface area contributed by atoms with Crippen molar-refractivity contribution < 1.29 is 19.4 Å². The van der Waals surface area contributed by atoms with Gasteiger partial charge in [0.05, 0.1) is 13.2 Å². The van der Waals surface area contributed by atoms with E-state index in [1.54, 1.807) is 7.11 Å². The number of methoxy groups -OCH3 is 1. The third-order valence-corrected chi connectivity index (χ3v) is 5.24. The highest BCUT2D eigenvalue weighted by molar-refractivity contribution is 5.75. The Balaban J connectivity index is 1.76. The zero-order valence-electron chi connectivity index (χ0n) is 14.3. The van der Waals surface area contributed by atoms with E-state index in [-0.39, 0.29) is 0 Å². The molecule has 5 heteroatoms. The molecule has 0 aromatic heterocycles. The third-order valence-electron chi connectivity index (χ3n) is 5.24. The molecule has 2 heterocycles. The normalized spacial score (nSPS) is 26.7. The molecule has 2 aliphatic heterocycles. The molecule has 3 unspecified atom stereocenters. The second-order valence-corrected chi connectivity index (χ2v) is 6.82. The highest BCUT2D eigenvalue weighted by Gasteiger charge is 2.35. The number of nitrogens with zero attached hydrogens (tertiary/aromatic N) is 1. The van der Waals surface area contributed by atoms with E-state index in [2.05, 4.69) is 4.90 Å². The molecule has 0 radical (unpaired) electrons. The minimum absolute atomic E-state index is 0.293. The zero-order valence-corrected chi connectivity index (χ0v) is 14.3. The van der Waals surface area contributed by atoms with Crippen molar-refractivity contribution in [1.29, 1.82) is 0 Å². The van der Waals surface area contributed by atoms with Gasteiger partial charge in [0.1, 0.15) is 11.8 Å². The van der Waals surface area contributed by atoms with Gasteiger partial charge in [-0.25, -0.2) is 0 Å². The third kappa shape index (κ3) is 3.90. The predicted molar refractivity (Wildman–Crippen MR) is 91.3 cm³/mol. The summed E-state index contributed by atoms with van der Waals surface area (Å²) in [4.78, 5) is 14.1. The van der Waals surface area contributed by atoms with Gasteiger partial charge < -0.3 is 14.6 Å². The number of benzene rings is 1. The quantitative estimate of drug-likeness (QED) is 0.897. The molecule has 1 aromatic rings. The molecule has 2 fully saturated rings. The van der Waals surface area contributed by atoms with Crippen LogP contribution in [-0.2, 0) is 9.53 Å². The van der Waals surface area contributed by atoms with Gasteiger partial charge in [-0.05, 0) is 62.3 Å².